The SMILES string of the molecule is NC(=O)c1ccc(CNC(=O)c2cccc(CNS(=O)(=O)N3CCC4CCCCC4C3)c2)cc1. The molecule has 2 aromatic rings. The molecule has 4 N–H and O–H groups in total. The Morgan fingerprint density at radius 2 is 1.65 bits per heavy atom. The Morgan fingerprint density at radius 1 is 0.912 bits per heavy atom. The van der Waals surface area contributed by atoms with Gasteiger partial charge < -0.3 is 11.1 Å². The van der Waals surface area contributed by atoms with Crippen LogP contribution in [0.1, 0.15) is 63.9 Å². The van der Waals surface area contributed by atoms with Crippen LogP contribution in [0, 0.1) is 11.8 Å². The molecule has 1 aliphatic carbocycles. The first kappa shape index (κ1) is 24.4. The first-order chi connectivity index (χ1) is 16.3. The van der Waals surface area contributed by atoms with Crippen molar-refractivity contribution in [2.24, 2.45) is 17.6 Å². The molecular formula is C25H32N4O4S. The third kappa shape index (κ3) is 6.02. The lowest BCUT2D eigenvalue weighted by atomic mass is 9.76. The molecule has 2 aliphatic rings. The van der Waals surface area contributed by atoms with E-state index < -0.39 is 16.1 Å². The van der Waals surface area contributed by atoms with Crippen LogP contribution in [0.25, 0.3) is 0 Å². The van der Waals surface area contributed by atoms with Crippen LogP contribution in [0.2, 0.25) is 0 Å². The summed E-state index contributed by atoms with van der Waals surface area (Å²) in [6.07, 6.45) is 5.73. The monoisotopic (exact) mass is 484 g/mol. The molecule has 2 atom stereocenters. The predicted molar refractivity (Wildman–Crippen MR) is 130 cm³/mol. The molecule has 2 fully saturated rings. The van der Waals surface area contributed by atoms with Gasteiger partial charge >= 0.3 is 0 Å². The molecule has 2 amide bonds. The Morgan fingerprint density at radius 3 is 2.38 bits per heavy atom. The van der Waals surface area contributed by atoms with E-state index in [1.54, 1.807) is 52.8 Å². The molecule has 2 aromatic carbocycles. The summed E-state index contributed by atoms with van der Waals surface area (Å²) in [6.45, 7) is 1.59. The third-order valence-corrected chi connectivity index (χ3v) is 8.45. The average Bonchev–Trinajstić information content (AvgIpc) is 2.86. The van der Waals surface area contributed by atoms with Gasteiger partial charge in [-0.1, -0.05) is 43.5 Å². The molecule has 9 heteroatoms. The quantitative estimate of drug-likeness (QED) is 0.533. The smallest absolute Gasteiger partial charge is 0.279 e. The number of hydrogen-bond acceptors (Lipinski definition) is 4. The summed E-state index contributed by atoms with van der Waals surface area (Å²) < 4.78 is 30.1. The minimum atomic E-state index is -3.57. The van der Waals surface area contributed by atoms with Gasteiger partial charge in [0, 0.05) is 37.3 Å². The van der Waals surface area contributed by atoms with Crippen molar-refractivity contribution in [2.75, 3.05) is 13.1 Å². The molecule has 1 aliphatic heterocycles. The number of carbonyl (C=O) groups is 2. The Hall–Kier alpha value is -2.75. The zero-order valence-electron chi connectivity index (χ0n) is 19.2. The second-order valence-electron chi connectivity index (χ2n) is 9.22. The van der Waals surface area contributed by atoms with Gasteiger partial charge in [0.1, 0.15) is 0 Å². The molecule has 2 unspecified atom stereocenters. The van der Waals surface area contributed by atoms with Gasteiger partial charge in [-0.2, -0.15) is 17.4 Å². The van der Waals surface area contributed by atoms with Crippen LogP contribution in [0.5, 0.6) is 0 Å². The van der Waals surface area contributed by atoms with Gasteiger partial charge in [0.2, 0.25) is 5.91 Å². The second-order valence-corrected chi connectivity index (χ2v) is 11.0. The van der Waals surface area contributed by atoms with Gasteiger partial charge in [0.15, 0.2) is 0 Å². The number of piperidine rings is 1. The highest BCUT2D eigenvalue weighted by atomic mass is 32.2. The third-order valence-electron chi connectivity index (χ3n) is 6.93. The van der Waals surface area contributed by atoms with E-state index in [2.05, 4.69) is 10.0 Å². The van der Waals surface area contributed by atoms with Crippen molar-refractivity contribution >= 4 is 22.0 Å². The van der Waals surface area contributed by atoms with Crippen LogP contribution in [-0.2, 0) is 23.3 Å². The standard InChI is InChI=1S/C25H32N4O4S/c26-24(30)21-10-8-18(9-11-21)15-27-25(31)22-7-3-4-19(14-22)16-28-34(32,33)29-13-12-20-5-1-2-6-23(20)17-29/h3-4,7-11,14,20,23,28H,1-2,5-6,12-13,15-17H2,(H2,26,30)(H,27,31). The highest BCUT2D eigenvalue weighted by Gasteiger charge is 2.35. The maximum Gasteiger partial charge on any atom is 0.279 e. The van der Waals surface area contributed by atoms with Gasteiger partial charge in [-0.15, -0.1) is 0 Å². The van der Waals surface area contributed by atoms with Crippen LogP contribution >= 0.6 is 0 Å². The molecular weight excluding hydrogens is 452 g/mol. The molecule has 1 heterocycles. The number of amides is 2. The van der Waals surface area contributed by atoms with E-state index in [4.69, 9.17) is 5.73 Å². The van der Waals surface area contributed by atoms with Crippen molar-refractivity contribution in [1.29, 1.82) is 0 Å². The van der Waals surface area contributed by atoms with Gasteiger partial charge in [-0.25, -0.2) is 0 Å². The number of nitrogens with two attached hydrogens (primary N) is 1. The first-order valence-corrected chi connectivity index (χ1v) is 13.3. The molecule has 8 nitrogen and oxygen atoms in total. The summed E-state index contributed by atoms with van der Waals surface area (Å²) in [6, 6.07) is 13.6. The fourth-order valence-corrected chi connectivity index (χ4v) is 6.21. The van der Waals surface area contributed by atoms with E-state index in [0.717, 1.165) is 24.0 Å². The number of carbonyl (C=O) groups excluding carboxylic acids is 2. The maximum absolute atomic E-state index is 12.9. The van der Waals surface area contributed by atoms with E-state index in [9.17, 15) is 18.0 Å². The van der Waals surface area contributed by atoms with Crippen LogP contribution < -0.4 is 15.8 Å². The molecule has 1 saturated heterocycles. The average molecular weight is 485 g/mol. The molecule has 0 spiro atoms. The summed E-state index contributed by atoms with van der Waals surface area (Å²) in [4.78, 5) is 23.8. The van der Waals surface area contributed by atoms with Crippen molar-refractivity contribution < 1.29 is 18.0 Å². The number of fused-ring (bicyclic) bond motifs is 1. The molecule has 34 heavy (non-hydrogen) atoms. The Balaban J connectivity index is 1.31. The van der Waals surface area contributed by atoms with Crippen molar-refractivity contribution in [3.8, 4) is 0 Å². The zero-order valence-corrected chi connectivity index (χ0v) is 20.0. The summed E-state index contributed by atoms with van der Waals surface area (Å²) in [5.41, 5.74) is 7.66. The van der Waals surface area contributed by atoms with Gasteiger partial charge in [0.25, 0.3) is 16.1 Å². The fraction of sp³-hybridized carbons (Fsp3) is 0.440. The van der Waals surface area contributed by atoms with Gasteiger partial charge in [-0.05, 0) is 60.1 Å². The van der Waals surface area contributed by atoms with Crippen LogP contribution in [0.4, 0.5) is 0 Å². The predicted octanol–water partition coefficient (Wildman–Crippen LogP) is 2.56. The summed E-state index contributed by atoms with van der Waals surface area (Å²) in [7, 11) is -3.57. The van der Waals surface area contributed by atoms with Crippen LogP contribution in [-0.4, -0.2) is 37.6 Å². The maximum atomic E-state index is 12.9. The van der Waals surface area contributed by atoms with Crippen LogP contribution in [0.3, 0.4) is 0 Å². The lowest BCUT2D eigenvalue weighted by Crippen LogP contribution is -2.48. The van der Waals surface area contributed by atoms with Crippen molar-refractivity contribution in [1.82, 2.24) is 14.3 Å². The van der Waals surface area contributed by atoms with E-state index >= 15 is 0 Å². The van der Waals surface area contributed by atoms with Crippen molar-refractivity contribution in [3.05, 3.63) is 70.8 Å². The van der Waals surface area contributed by atoms with E-state index in [-0.39, 0.29) is 12.5 Å². The van der Waals surface area contributed by atoms with Crippen LogP contribution in [0.15, 0.2) is 48.5 Å². The number of hydrogen-bond donors (Lipinski definition) is 3. The highest BCUT2D eigenvalue weighted by molar-refractivity contribution is 7.87. The van der Waals surface area contributed by atoms with Crippen molar-refractivity contribution in [2.45, 2.75) is 45.2 Å². The number of rotatable bonds is 8. The highest BCUT2D eigenvalue weighted by Crippen LogP contribution is 2.36. The van der Waals surface area contributed by atoms with E-state index in [1.165, 1.54) is 19.3 Å². The number of nitrogens with zero attached hydrogens (tertiary/aromatic N) is 1. The lowest BCUT2D eigenvalue weighted by molar-refractivity contribution is 0.0949. The van der Waals surface area contributed by atoms with E-state index in [0.29, 0.717) is 42.6 Å². The molecule has 4 rings (SSSR count). The summed E-state index contributed by atoms with van der Waals surface area (Å²) >= 11 is 0. The van der Waals surface area contributed by atoms with Crippen molar-refractivity contribution in [3.63, 3.8) is 0 Å². The topological polar surface area (TPSA) is 122 Å². The molecule has 0 bridgehead atoms. The second kappa shape index (κ2) is 10.7. The minimum Gasteiger partial charge on any atom is -0.366 e. The van der Waals surface area contributed by atoms with Gasteiger partial charge in [0.05, 0.1) is 0 Å². The Kier molecular flexibility index (Phi) is 7.65. The number of nitrogens with one attached hydrogen (secondary N) is 2. The summed E-state index contributed by atoms with van der Waals surface area (Å²) in [5.74, 6) is 0.374. The lowest BCUT2D eigenvalue weighted by Gasteiger charge is -2.40. The Labute approximate surface area is 201 Å². The summed E-state index contributed by atoms with van der Waals surface area (Å²) in [5, 5.41) is 2.84. The molecule has 0 radical (unpaired) electrons. The fourth-order valence-electron chi connectivity index (χ4n) is 4.95. The Bertz CT molecular complexity index is 1130. The normalized spacial score (nSPS) is 20.9. The molecule has 0 aromatic heterocycles. The van der Waals surface area contributed by atoms with Gasteiger partial charge in [-0.3, -0.25) is 9.59 Å². The number of primary amides is 1. The first-order valence-electron chi connectivity index (χ1n) is 11.8. The number of benzene rings is 2. The largest absolute Gasteiger partial charge is 0.366 e. The molecule has 182 valence electrons. The molecule has 1 saturated carbocycles. The van der Waals surface area contributed by atoms with E-state index in [1.807, 2.05) is 0 Å². The minimum absolute atomic E-state index is 0.128. The zero-order chi connectivity index (χ0) is 24.1.